The van der Waals surface area contributed by atoms with Crippen LogP contribution in [0.5, 0.6) is 0 Å². The Balaban J connectivity index is 1.31. The molecule has 0 unspecified atom stereocenters. The van der Waals surface area contributed by atoms with E-state index in [1.807, 2.05) is 60.2 Å². The average molecular weight is 588 g/mol. The van der Waals surface area contributed by atoms with E-state index in [2.05, 4.69) is 5.32 Å². The first-order chi connectivity index (χ1) is 21.2. The Morgan fingerprint density at radius 1 is 0.909 bits per heavy atom. The molecule has 2 heterocycles. The highest BCUT2D eigenvalue weighted by Crippen LogP contribution is 2.46. The van der Waals surface area contributed by atoms with Crippen LogP contribution in [0, 0.1) is 18.6 Å². The van der Waals surface area contributed by atoms with E-state index in [9.17, 15) is 23.5 Å². The average Bonchev–Trinajstić information content (AvgIpc) is 3.69. The molecular weight excluding hydrogens is 560 g/mol. The summed E-state index contributed by atoms with van der Waals surface area (Å²) in [6.07, 6.45) is 3.32. The van der Waals surface area contributed by atoms with Crippen molar-refractivity contribution < 1.29 is 23.5 Å². The van der Waals surface area contributed by atoms with Gasteiger partial charge in [-0.1, -0.05) is 36.4 Å². The van der Waals surface area contributed by atoms with Crippen LogP contribution in [0.15, 0.2) is 97.2 Å². The van der Waals surface area contributed by atoms with E-state index in [1.165, 1.54) is 18.2 Å². The second kappa shape index (κ2) is 10.4. The molecule has 6 aromatic rings. The molecule has 0 radical (unpaired) electrons. The maximum Gasteiger partial charge on any atom is 0.335 e. The molecule has 2 aromatic heterocycles. The number of amides is 1. The number of carboxylic acid groups (broad SMARTS) is 1. The summed E-state index contributed by atoms with van der Waals surface area (Å²) in [4.78, 5) is 30.3. The van der Waals surface area contributed by atoms with Gasteiger partial charge in [-0.05, 0) is 96.6 Å². The number of aromatic nitrogens is 2. The molecule has 7 rings (SSSR count). The van der Waals surface area contributed by atoms with Crippen LogP contribution in [0.4, 0.5) is 8.78 Å². The van der Waals surface area contributed by atoms with E-state index in [-0.39, 0.29) is 11.5 Å². The third-order valence-corrected chi connectivity index (χ3v) is 8.45. The molecule has 2 N–H and O–H groups in total. The molecule has 8 heteroatoms. The van der Waals surface area contributed by atoms with Crippen LogP contribution < -0.4 is 5.32 Å². The van der Waals surface area contributed by atoms with E-state index in [4.69, 9.17) is 4.98 Å². The Hall–Kier alpha value is -5.37. The monoisotopic (exact) mass is 587 g/mol. The van der Waals surface area contributed by atoms with E-state index >= 15 is 0 Å². The van der Waals surface area contributed by atoms with Crippen LogP contribution in [0.2, 0.25) is 0 Å². The molecular formula is C36H27F2N3O3. The van der Waals surface area contributed by atoms with Crippen molar-refractivity contribution in [1.82, 2.24) is 14.9 Å². The van der Waals surface area contributed by atoms with Gasteiger partial charge in [-0.15, -0.1) is 0 Å². The lowest BCUT2D eigenvalue weighted by atomic mass is 9.98. The number of benzene rings is 4. The normalized spacial score (nSPS) is 13.7. The molecule has 1 aliphatic carbocycles. The van der Waals surface area contributed by atoms with Gasteiger partial charge >= 0.3 is 5.97 Å². The van der Waals surface area contributed by atoms with Gasteiger partial charge in [0.05, 0.1) is 39.9 Å². The largest absolute Gasteiger partial charge is 0.478 e. The van der Waals surface area contributed by atoms with Crippen LogP contribution in [0.25, 0.3) is 32.9 Å². The highest BCUT2D eigenvalue weighted by Gasteiger charge is 2.46. The standard InChI is InChI=1S/C36H27F2N3O3/c1-21-16-27(39-32-5-3-2-4-28(21)32)20-41-15-12-24-17-25(23-8-11-30(37)31(38)19-23)18-29(33(24)41)34(42)40-36(13-14-36)26-9-6-22(7-10-26)35(43)44/h2-12,15-19H,13-14,20H2,1H3,(H,40,42)(H,43,44). The first-order valence-electron chi connectivity index (χ1n) is 14.3. The van der Waals surface area contributed by atoms with Crippen molar-refractivity contribution >= 4 is 33.7 Å². The zero-order valence-corrected chi connectivity index (χ0v) is 23.8. The van der Waals surface area contributed by atoms with E-state index in [1.54, 1.807) is 18.2 Å². The van der Waals surface area contributed by atoms with Crippen LogP contribution in [-0.4, -0.2) is 26.5 Å². The fraction of sp³-hybridized carbons (Fsp3) is 0.139. The zero-order valence-electron chi connectivity index (χ0n) is 23.8. The topological polar surface area (TPSA) is 84.2 Å². The van der Waals surface area contributed by atoms with Crippen LogP contribution in [0.1, 0.15) is 50.4 Å². The molecule has 0 bridgehead atoms. The number of nitrogens with zero attached hydrogens (tertiary/aromatic N) is 2. The number of hydrogen-bond acceptors (Lipinski definition) is 3. The summed E-state index contributed by atoms with van der Waals surface area (Å²) in [5.41, 5.74) is 5.32. The van der Waals surface area contributed by atoms with Crippen molar-refractivity contribution in [3.63, 3.8) is 0 Å². The van der Waals surface area contributed by atoms with Gasteiger partial charge < -0.3 is 15.0 Å². The van der Waals surface area contributed by atoms with Gasteiger partial charge in [0.25, 0.3) is 5.91 Å². The molecule has 0 saturated heterocycles. The number of fused-ring (bicyclic) bond motifs is 2. The molecule has 1 fully saturated rings. The van der Waals surface area contributed by atoms with Crippen molar-refractivity contribution in [2.45, 2.75) is 31.8 Å². The van der Waals surface area contributed by atoms with Gasteiger partial charge in [0.1, 0.15) is 0 Å². The number of rotatable bonds is 7. The number of carbonyl (C=O) groups is 2. The molecule has 44 heavy (non-hydrogen) atoms. The van der Waals surface area contributed by atoms with Crippen molar-refractivity contribution in [3.8, 4) is 11.1 Å². The summed E-state index contributed by atoms with van der Waals surface area (Å²) in [5, 5.41) is 14.4. The molecule has 218 valence electrons. The minimum Gasteiger partial charge on any atom is -0.478 e. The van der Waals surface area contributed by atoms with Crippen molar-refractivity contribution in [3.05, 3.63) is 137 Å². The van der Waals surface area contributed by atoms with E-state index in [0.29, 0.717) is 41.6 Å². The Bertz CT molecular complexity index is 2110. The third kappa shape index (κ3) is 4.88. The molecule has 0 aliphatic heterocycles. The lowest BCUT2D eigenvalue weighted by Gasteiger charge is -2.20. The second-order valence-electron chi connectivity index (χ2n) is 11.4. The quantitative estimate of drug-likeness (QED) is 0.201. The summed E-state index contributed by atoms with van der Waals surface area (Å²) in [7, 11) is 0. The first-order valence-corrected chi connectivity index (χ1v) is 14.3. The molecule has 1 saturated carbocycles. The zero-order chi connectivity index (χ0) is 30.6. The minimum atomic E-state index is -1.02. The summed E-state index contributed by atoms with van der Waals surface area (Å²) in [5.74, 6) is -3.24. The lowest BCUT2D eigenvalue weighted by molar-refractivity contribution is 0.0696. The van der Waals surface area contributed by atoms with Crippen LogP contribution in [-0.2, 0) is 12.1 Å². The smallest absolute Gasteiger partial charge is 0.335 e. The summed E-state index contributed by atoms with van der Waals surface area (Å²) in [6.45, 7) is 2.47. The predicted octanol–water partition coefficient (Wildman–Crippen LogP) is 7.61. The SMILES string of the molecule is Cc1cc(Cn2ccc3cc(-c4ccc(F)c(F)c4)cc(C(=O)NC4(c5ccc(C(=O)O)cc5)CC4)c32)nc2ccccc12. The fourth-order valence-corrected chi connectivity index (χ4v) is 6.00. The minimum absolute atomic E-state index is 0.173. The number of para-hydroxylation sites is 1. The van der Waals surface area contributed by atoms with Crippen molar-refractivity contribution in [1.29, 1.82) is 0 Å². The number of aromatic carboxylic acids is 1. The number of hydrogen-bond donors (Lipinski definition) is 2. The predicted molar refractivity (Wildman–Crippen MR) is 165 cm³/mol. The molecule has 1 amide bonds. The second-order valence-corrected chi connectivity index (χ2v) is 11.4. The molecule has 0 spiro atoms. The van der Waals surface area contributed by atoms with E-state index < -0.39 is 23.1 Å². The molecule has 6 nitrogen and oxygen atoms in total. The van der Waals surface area contributed by atoms with Gasteiger partial charge in [0, 0.05) is 17.0 Å². The molecule has 1 aliphatic rings. The van der Waals surface area contributed by atoms with Gasteiger partial charge in [0.2, 0.25) is 0 Å². The number of pyridine rings is 1. The highest BCUT2D eigenvalue weighted by atomic mass is 19.2. The summed E-state index contributed by atoms with van der Waals surface area (Å²) < 4.78 is 30.0. The van der Waals surface area contributed by atoms with Gasteiger partial charge in [0.15, 0.2) is 11.6 Å². The number of carboxylic acids is 1. The Kier molecular flexibility index (Phi) is 6.50. The Labute approximate surface area is 251 Å². The fourth-order valence-electron chi connectivity index (χ4n) is 6.00. The van der Waals surface area contributed by atoms with Crippen LogP contribution >= 0.6 is 0 Å². The summed E-state index contributed by atoms with van der Waals surface area (Å²) in [6, 6.07) is 25.7. The van der Waals surface area contributed by atoms with E-state index in [0.717, 1.165) is 45.2 Å². The van der Waals surface area contributed by atoms with Crippen LogP contribution in [0.3, 0.4) is 0 Å². The van der Waals surface area contributed by atoms with Gasteiger partial charge in [-0.2, -0.15) is 0 Å². The lowest BCUT2D eigenvalue weighted by Crippen LogP contribution is -2.35. The third-order valence-electron chi connectivity index (χ3n) is 8.45. The molecule has 4 aromatic carbocycles. The number of halogens is 2. The number of nitrogens with one attached hydrogen (secondary N) is 1. The Morgan fingerprint density at radius 2 is 1.68 bits per heavy atom. The highest BCUT2D eigenvalue weighted by molar-refractivity contribution is 6.08. The maximum absolute atomic E-state index is 14.2. The van der Waals surface area contributed by atoms with Crippen molar-refractivity contribution in [2.24, 2.45) is 0 Å². The number of aryl methyl sites for hydroxylation is 1. The molecule has 0 atom stereocenters. The van der Waals surface area contributed by atoms with Gasteiger partial charge in [-0.25, -0.2) is 13.6 Å². The van der Waals surface area contributed by atoms with Gasteiger partial charge in [-0.3, -0.25) is 9.78 Å². The maximum atomic E-state index is 14.2. The Morgan fingerprint density at radius 3 is 2.41 bits per heavy atom. The van der Waals surface area contributed by atoms with Crippen molar-refractivity contribution in [2.75, 3.05) is 0 Å². The summed E-state index contributed by atoms with van der Waals surface area (Å²) >= 11 is 0. The number of carbonyl (C=O) groups excluding carboxylic acids is 1. The first kappa shape index (κ1) is 27.5.